The number of hydrogen-bond donors (Lipinski definition) is 1. The molecule has 1 heterocycles. The minimum atomic E-state index is 0.248. The molecular weight excluding hydrogens is 320 g/mol. The van der Waals surface area contributed by atoms with Crippen LogP contribution in [0.4, 0.5) is 0 Å². The average Bonchev–Trinajstić information content (AvgIpc) is 2.71. The summed E-state index contributed by atoms with van der Waals surface area (Å²) in [4.78, 5) is 6.07. The van der Waals surface area contributed by atoms with Crippen LogP contribution < -0.4 is 5.73 Å². The van der Waals surface area contributed by atoms with Gasteiger partial charge >= 0.3 is 0 Å². The molecule has 102 valence electrons. The Labute approximate surface area is 127 Å². The van der Waals surface area contributed by atoms with E-state index in [2.05, 4.69) is 54.9 Å². The first-order chi connectivity index (χ1) is 8.97. The first-order valence-electron chi connectivity index (χ1n) is 6.45. The lowest BCUT2D eigenvalue weighted by Gasteiger charge is -2.03. The number of hydrogen-bond acceptors (Lipinski definition) is 3. The largest absolute Gasteiger partial charge is 0.328 e. The summed E-state index contributed by atoms with van der Waals surface area (Å²) in [5.41, 5.74) is 9.45. The highest BCUT2D eigenvalue weighted by Crippen LogP contribution is 2.32. The lowest BCUT2D eigenvalue weighted by atomic mass is 10.1. The smallest absolute Gasteiger partial charge is 0.124 e. The average molecular weight is 339 g/mol. The molecule has 2 N–H and O–H groups in total. The van der Waals surface area contributed by atoms with E-state index in [1.807, 2.05) is 0 Å². The zero-order valence-electron chi connectivity index (χ0n) is 11.5. The van der Waals surface area contributed by atoms with Gasteiger partial charge in [-0.2, -0.15) is 0 Å². The Balaban J connectivity index is 2.31. The van der Waals surface area contributed by atoms with Crippen molar-refractivity contribution in [2.24, 2.45) is 5.73 Å². The molecule has 19 heavy (non-hydrogen) atoms. The Kier molecular flexibility index (Phi) is 4.76. The molecule has 0 amide bonds. The summed E-state index contributed by atoms with van der Waals surface area (Å²) < 4.78 is 1.10. The number of nitrogens with zero attached hydrogens (tertiary/aromatic N) is 1. The van der Waals surface area contributed by atoms with Crippen LogP contribution in [0.3, 0.4) is 0 Å². The van der Waals surface area contributed by atoms with Gasteiger partial charge in [-0.05, 0) is 51.3 Å². The second-order valence-electron chi connectivity index (χ2n) is 5.00. The molecule has 0 aliphatic carbocycles. The van der Waals surface area contributed by atoms with Gasteiger partial charge in [0.15, 0.2) is 0 Å². The SMILES string of the molecule is Cc1ccc(Br)cc1-c1nc(C)c(CCC(C)N)s1. The molecule has 0 fully saturated rings. The number of rotatable bonds is 4. The van der Waals surface area contributed by atoms with Gasteiger partial charge in [-0.15, -0.1) is 11.3 Å². The highest BCUT2D eigenvalue weighted by molar-refractivity contribution is 9.10. The quantitative estimate of drug-likeness (QED) is 0.893. The van der Waals surface area contributed by atoms with Gasteiger partial charge in [-0.25, -0.2) is 4.98 Å². The number of nitrogens with two attached hydrogens (primary N) is 1. The number of benzene rings is 1. The van der Waals surface area contributed by atoms with E-state index in [0.29, 0.717) is 0 Å². The van der Waals surface area contributed by atoms with Crippen molar-refractivity contribution in [3.8, 4) is 10.6 Å². The van der Waals surface area contributed by atoms with Gasteiger partial charge in [-0.3, -0.25) is 0 Å². The molecule has 0 spiro atoms. The van der Waals surface area contributed by atoms with E-state index in [1.165, 1.54) is 16.0 Å². The molecule has 0 radical (unpaired) electrons. The predicted octanol–water partition coefficient (Wildman–Crippen LogP) is 4.47. The third-order valence-corrected chi connectivity index (χ3v) is 4.89. The Morgan fingerprint density at radius 1 is 1.37 bits per heavy atom. The zero-order chi connectivity index (χ0) is 14.0. The van der Waals surface area contributed by atoms with Crippen molar-refractivity contribution in [2.45, 2.75) is 39.7 Å². The van der Waals surface area contributed by atoms with Gasteiger partial charge in [0, 0.05) is 21.0 Å². The van der Waals surface area contributed by atoms with Gasteiger partial charge < -0.3 is 5.73 Å². The van der Waals surface area contributed by atoms with Gasteiger partial charge in [0.2, 0.25) is 0 Å². The fourth-order valence-electron chi connectivity index (χ4n) is 1.96. The van der Waals surface area contributed by atoms with Crippen LogP contribution in [-0.2, 0) is 6.42 Å². The van der Waals surface area contributed by atoms with E-state index in [0.717, 1.165) is 28.0 Å². The highest BCUT2D eigenvalue weighted by Gasteiger charge is 2.12. The fraction of sp³-hybridized carbons (Fsp3) is 0.400. The minimum Gasteiger partial charge on any atom is -0.328 e. The summed E-state index contributed by atoms with van der Waals surface area (Å²) in [6, 6.07) is 6.58. The molecule has 4 heteroatoms. The van der Waals surface area contributed by atoms with Crippen LogP contribution in [0.25, 0.3) is 10.6 Å². The first-order valence-corrected chi connectivity index (χ1v) is 8.06. The fourth-order valence-corrected chi connectivity index (χ4v) is 3.48. The van der Waals surface area contributed by atoms with E-state index in [-0.39, 0.29) is 6.04 Å². The summed E-state index contributed by atoms with van der Waals surface area (Å²) in [5.74, 6) is 0. The Bertz CT molecular complexity index is 576. The van der Waals surface area contributed by atoms with Crippen LogP contribution in [0.2, 0.25) is 0 Å². The van der Waals surface area contributed by atoms with Gasteiger partial charge in [-0.1, -0.05) is 22.0 Å². The molecule has 2 rings (SSSR count). The summed E-state index contributed by atoms with van der Waals surface area (Å²) in [6.45, 7) is 6.26. The molecule has 0 aliphatic heterocycles. The Morgan fingerprint density at radius 2 is 2.11 bits per heavy atom. The van der Waals surface area contributed by atoms with Gasteiger partial charge in [0.1, 0.15) is 5.01 Å². The topological polar surface area (TPSA) is 38.9 Å². The molecule has 1 aromatic carbocycles. The van der Waals surface area contributed by atoms with Crippen LogP contribution in [0.5, 0.6) is 0 Å². The number of halogens is 1. The van der Waals surface area contributed by atoms with Crippen LogP contribution in [-0.4, -0.2) is 11.0 Å². The predicted molar refractivity (Wildman–Crippen MR) is 86.7 cm³/mol. The molecule has 2 nitrogen and oxygen atoms in total. The summed E-state index contributed by atoms with van der Waals surface area (Å²) in [7, 11) is 0. The lowest BCUT2D eigenvalue weighted by Crippen LogP contribution is -2.15. The van der Waals surface area contributed by atoms with Crippen molar-refractivity contribution in [2.75, 3.05) is 0 Å². The zero-order valence-corrected chi connectivity index (χ0v) is 13.9. The van der Waals surface area contributed by atoms with Crippen molar-refractivity contribution in [3.05, 3.63) is 38.8 Å². The van der Waals surface area contributed by atoms with Crippen LogP contribution in [0.15, 0.2) is 22.7 Å². The first kappa shape index (κ1) is 14.7. The van der Waals surface area contributed by atoms with E-state index >= 15 is 0 Å². The second-order valence-corrected chi connectivity index (χ2v) is 7.00. The molecular formula is C15H19BrN2S. The summed E-state index contributed by atoms with van der Waals surface area (Å²) >= 11 is 5.32. The third-order valence-electron chi connectivity index (χ3n) is 3.15. The van der Waals surface area contributed by atoms with Crippen molar-refractivity contribution in [1.29, 1.82) is 0 Å². The third kappa shape index (κ3) is 3.65. The monoisotopic (exact) mass is 338 g/mol. The standard InChI is InChI=1S/C15H19BrN2S/c1-9-4-6-12(16)8-13(9)15-18-11(3)14(19-15)7-5-10(2)17/h4,6,8,10H,5,7,17H2,1-3H3. The van der Waals surface area contributed by atoms with Crippen LogP contribution in [0, 0.1) is 13.8 Å². The van der Waals surface area contributed by atoms with Crippen molar-refractivity contribution in [3.63, 3.8) is 0 Å². The Morgan fingerprint density at radius 3 is 2.79 bits per heavy atom. The van der Waals surface area contributed by atoms with Crippen molar-refractivity contribution < 1.29 is 0 Å². The van der Waals surface area contributed by atoms with E-state index < -0.39 is 0 Å². The van der Waals surface area contributed by atoms with Crippen molar-refractivity contribution >= 4 is 27.3 Å². The van der Waals surface area contributed by atoms with Crippen LogP contribution in [0.1, 0.15) is 29.5 Å². The van der Waals surface area contributed by atoms with Crippen molar-refractivity contribution in [1.82, 2.24) is 4.98 Å². The molecule has 0 saturated carbocycles. The van der Waals surface area contributed by atoms with Gasteiger partial charge in [0.25, 0.3) is 0 Å². The maximum absolute atomic E-state index is 5.83. The molecule has 1 unspecified atom stereocenters. The molecule has 1 atom stereocenters. The Hall–Kier alpha value is -0.710. The molecule has 0 aliphatic rings. The lowest BCUT2D eigenvalue weighted by molar-refractivity contribution is 0.668. The number of thiazole rings is 1. The molecule has 2 aromatic rings. The highest BCUT2D eigenvalue weighted by atomic mass is 79.9. The second kappa shape index (κ2) is 6.16. The molecule has 1 aromatic heterocycles. The maximum atomic E-state index is 5.83. The van der Waals surface area contributed by atoms with E-state index in [4.69, 9.17) is 10.7 Å². The van der Waals surface area contributed by atoms with E-state index in [1.54, 1.807) is 11.3 Å². The maximum Gasteiger partial charge on any atom is 0.124 e. The summed E-state index contributed by atoms with van der Waals surface area (Å²) in [6.07, 6.45) is 2.04. The van der Waals surface area contributed by atoms with E-state index in [9.17, 15) is 0 Å². The normalized spacial score (nSPS) is 12.7. The molecule has 0 saturated heterocycles. The minimum absolute atomic E-state index is 0.248. The summed E-state index contributed by atoms with van der Waals surface area (Å²) in [5, 5.41) is 1.11. The molecule has 0 bridgehead atoms. The number of aryl methyl sites for hydroxylation is 3. The number of aromatic nitrogens is 1. The van der Waals surface area contributed by atoms with Crippen LogP contribution >= 0.6 is 27.3 Å². The van der Waals surface area contributed by atoms with Gasteiger partial charge in [0.05, 0.1) is 5.69 Å².